The van der Waals surface area contributed by atoms with Crippen molar-refractivity contribution in [3.63, 3.8) is 0 Å². The molecule has 46 valence electrons. The van der Waals surface area contributed by atoms with Crippen LogP contribution in [0.1, 0.15) is 13.8 Å². The summed E-state index contributed by atoms with van der Waals surface area (Å²) in [5.74, 6) is 0. The highest BCUT2D eigenvalue weighted by molar-refractivity contribution is 5.85. The summed E-state index contributed by atoms with van der Waals surface area (Å²) < 4.78 is 0. The molecule has 0 rings (SSSR count). The molecular weight excluding hydrogens is 112 g/mol. The summed E-state index contributed by atoms with van der Waals surface area (Å²) in [6, 6.07) is 0. The number of hydrogen-bond acceptors (Lipinski definition) is 2. The van der Waals surface area contributed by atoms with Gasteiger partial charge in [0.15, 0.2) is 0 Å². The van der Waals surface area contributed by atoms with Gasteiger partial charge in [-0.05, 0) is 0 Å². The van der Waals surface area contributed by atoms with Crippen LogP contribution in [-0.2, 0) is 0 Å². The van der Waals surface area contributed by atoms with E-state index in [-0.39, 0.29) is 12.4 Å². The number of nitrogens with one attached hydrogen (secondary N) is 2. The molecule has 0 aliphatic carbocycles. The van der Waals surface area contributed by atoms with Crippen LogP contribution in [0.2, 0.25) is 0 Å². The lowest BCUT2D eigenvalue weighted by Gasteiger charge is -1.95. The largest absolute Gasteiger partial charge is 0.258 e. The first-order chi connectivity index (χ1) is 2.91. The van der Waals surface area contributed by atoms with Gasteiger partial charge in [0.25, 0.3) is 0 Å². The molecule has 0 saturated heterocycles. The second kappa shape index (κ2) is 9.51. The van der Waals surface area contributed by atoms with Crippen LogP contribution in [0.4, 0.5) is 0 Å². The van der Waals surface area contributed by atoms with Gasteiger partial charge in [0, 0.05) is 13.1 Å². The first-order valence-electron chi connectivity index (χ1n) is 2.37. The molecule has 0 amide bonds. The first-order valence-corrected chi connectivity index (χ1v) is 2.37. The third-order valence-electron chi connectivity index (χ3n) is 0.479. The van der Waals surface area contributed by atoms with E-state index in [9.17, 15) is 0 Å². The van der Waals surface area contributed by atoms with E-state index in [2.05, 4.69) is 24.7 Å². The van der Waals surface area contributed by atoms with Crippen molar-refractivity contribution in [2.75, 3.05) is 13.1 Å². The molecule has 0 spiro atoms. The van der Waals surface area contributed by atoms with E-state index in [4.69, 9.17) is 0 Å². The molecule has 0 fully saturated rings. The fraction of sp³-hybridized carbons (Fsp3) is 1.00. The van der Waals surface area contributed by atoms with Gasteiger partial charge >= 0.3 is 0 Å². The lowest BCUT2D eigenvalue weighted by Crippen LogP contribution is -2.30. The molecule has 2 nitrogen and oxygen atoms in total. The zero-order valence-electron chi connectivity index (χ0n) is 4.82. The Kier molecular flexibility index (Phi) is 13.9. The van der Waals surface area contributed by atoms with Gasteiger partial charge in [-0.3, -0.25) is 10.9 Å². The van der Waals surface area contributed by atoms with Crippen molar-refractivity contribution >= 4 is 12.4 Å². The number of rotatable bonds is 3. The molecule has 3 heteroatoms. The Bertz CT molecular complexity index is 21.7. The van der Waals surface area contributed by atoms with Gasteiger partial charge in [-0.25, -0.2) is 0 Å². The lowest BCUT2D eigenvalue weighted by atomic mass is 10.8. The first kappa shape index (κ1) is 10.2. The van der Waals surface area contributed by atoms with E-state index >= 15 is 0 Å². The maximum absolute atomic E-state index is 2.95. The van der Waals surface area contributed by atoms with Crippen LogP contribution < -0.4 is 10.9 Å². The Hall–Kier alpha value is 0.210. The van der Waals surface area contributed by atoms with Crippen LogP contribution in [0, 0.1) is 0 Å². The van der Waals surface area contributed by atoms with Gasteiger partial charge in [-0.1, -0.05) is 13.8 Å². The summed E-state index contributed by atoms with van der Waals surface area (Å²) in [6.07, 6.45) is 0. The third-order valence-corrected chi connectivity index (χ3v) is 0.479. The smallest absolute Gasteiger partial charge is 0.00713 e. The molecule has 0 atom stereocenters. The van der Waals surface area contributed by atoms with Crippen LogP contribution in [0.25, 0.3) is 0 Å². The van der Waals surface area contributed by atoms with Crippen LogP contribution in [0.5, 0.6) is 0 Å². The average Bonchev–Trinajstić information content (AvgIpc) is 1.61. The van der Waals surface area contributed by atoms with Crippen molar-refractivity contribution in [3.8, 4) is 0 Å². The minimum absolute atomic E-state index is 0. The molecule has 0 aromatic carbocycles. The maximum atomic E-state index is 2.95. The molecule has 0 saturated carbocycles. The summed E-state index contributed by atoms with van der Waals surface area (Å²) in [5.41, 5.74) is 5.90. The molecule has 0 unspecified atom stereocenters. The zero-order valence-corrected chi connectivity index (χ0v) is 5.64. The Morgan fingerprint density at radius 1 is 1.00 bits per heavy atom. The SMILES string of the molecule is CCNNCC.Cl. The molecule has 2 N–H and O–H groups in total. The molecule has 0 aromatic rings. The fourth-order valence-electron chi connectivity index (χ4n) is 0.250. The summed E-state index contributed by atoms with van der Waals surface area (Å²) in [7, 11) is 0. The minimum Gasteiger partial charge on any atom is -0.258 e. The molecule has 0 heterocycles. The van der Waals surface area contributed by atoms with Gasteiger partial charge in [-0.15, -0.1) is 12.4 Å². The summed E-state index contributed by atoms with van der Waals surface area (Å²) in [4.78, 5) is 0. The van der Waals surface area contributed by atoms with E-state index in [1.54, 1.807) is 0 Å². The van der Waals surface area contributed by atoms with Crippen molar-refractivity contribution in [3.05, 3.63) is 0 Å². The molecular formula is C4H13ClN2. The van der Waals surface area contributed by atoms with E-state index in [1.807, 2.05) is 0 Å². The fourth-order valence-corrected chi connectivity index (χ4v) is 0.250. The molecule has 7 heavy (non-hydrogen) atoms. The van der Waals surface area contributed by atoms with E-state index in [0.717, 1.165) is 13.1 Å². The molecule has 0 aliphatic rings. The van der Waals surface area contributed by atoms with Gasteiger partial charge in [0.05, 0.1) is 0 Å². The Balaban J connectivity index is 0. The van der Waals surface area contributed by atoms with Crippen LogP contribution in [0.3, 0.4) is 0 Å². The molecule has 0 radical (unpaired) electrons. The van der Waals surface area contributed by atoms with E-state index in [1.165, 1.54) is 0 Å². The van der Waals surface area contributed by atoms with Gasteiger partial charge in [-0.2, -0.15) is 0 Å². The van der Waals surface area contributed by atoms with Crippen LogP contribution in [-0.4, -0.2) is 13.1 Å². The quantitative estimate of drug-likeness (QED) is 0.424. The Labute approximate surface area is 51.1 Å². The predicted molar refractivity (Wildman–Crippen MR) is 34.6 cm³/mol. The topological polar surface area (TPSA) is 24.1 Å². The third kappa shape index (κ3) is 10.7. The second-order valence-corrected chi connectivity index (χ2v) is 1.06. The average molecular weight is 125 g/mol. The number of hydrogen-bond donors (Lipinski definition) is 2. The highest BCUT2D eigenvalue weighted by Crippen LogP contribution is 1.44. The predicted octanol–water partition coefficient (Wildman–Crippen LogP) is 0.542. The highest BCUT2D eigenvalue weighted by atomic mass is 35.5. The van der Waals surface area contributed by atoms with Crippen molar-refractivity contribution in [2.24, 2.45) is 0 Å². The number of hydrazine groups is 1. The van der Waals surface area contributed by atoms with Crippen molar-refractivity contribution < 1.29 is 0 Å². The standard InChI is InChI=1S/C4H12N2.ClH/c1-3-5-6-4-2;/h5-6H,3-4H2,1-2H3;1H. The van der Waals surface area contributed by atoms with Gasteiger partial charge in [0.1, 0.15) is 0 Å². The summed E-state index contributed by atoms with van der Waals surface area (Å²) >= 11 is 0. The van der Waals surface area contributed by atoms with Crippen molar-refractivity contribution in [1.82, 2.24) is 10.9 Å². The van der Waals surface area contributed by atoms with Crippen molar-refractivity contribution in [2.45, 2.75) is 13.8 Å². The molecule has 0 aromatic heterocycles. The lowest BCUT2D eigenvalue weighted by molar-refractivity contribution is 0.573. The van der Waals surface area contributed by atoms with Crippen LogP contribution in [0.15, 0.2) is 0 Å². The second-order valence-electron chi connectivity index (χ2n) is 1.06. The zero-order chi connectivity index (χ0) is 4.83. The monoisotopic (exact) mass is 124 g/mol. The maximum Gasteiger partial charge on any atom is 0.00713 e. The molecule has 0 bridgehead atoms. The van der Waals surface area contributed by atoms with Crippen molar-refractivity contribution in [1.29, 1.82) is 0 Å². The van der Waals surface area contributed by atoms with E-state index in [0.29, 0.717) is 0 Å². The Morgan fingerprint density at radius 2 is 1.29 bits per heavy atom. The van der Waals surface area contributed by atoms with Crippen LogP contribution >= 0.6 is 12.4 Å². The minimum atomic E-state index is 0. The highest BCUT2D eigenvalue weighted by Gasteiger charge is 1.67. The Morgan fingerprint density at radius 3 is 1.43 bits per heavy atom. The van der Waals surface area contributed by atoms with E-state index < -0.39 is 0 Å². The normalized spacial score (nSPS) is 7.71. The summed E-state index contributed by atoms with van der Waals surface area (Å²) in [6.45, 7) is 6.10. The van der Waals surface area contributed by atoms with Gasteiger partial charge < -0.3 is 0 Å². The molecule has 0 aliphatic heterocycles. The number of halogens is 1. The summed E-state index contributed by atoms with van der Waals surface area (Å²) in [5, 5.41) is 0. The van der Waals surface area contributed by atoms with Gasteiger partial charge in [0.2, 0.25) is 0 Å².